The number of hydrogen-bond acceptors (Lipinski definition) is 3. The Morgan fingerprint density at radius 1 is 1.40 bits per heavy atom. The number of nitrogens with zero attached hydrogens (tertiary/aromatic N) is 1. The number of piperidine rings is 1. The number of unbranched alkanes of at least 4 members (excludes halogenated alkanes) is 1. The number of fused-ring (bicyclic) bond motifs is 1. The van der Waals surface area contributed by atoms with Crippen LogP contribution in [0.15, 0.2) is 24.4 Å². The van der Waals surface area contributed by atoms with Gasteiger partial charge >= 0.3 is 5.97 Å². The van der Waals surface area contributed by atoms with Gasteiger partial charge in [0.2, 0.25) is 0 Å². The molecule has 2 aromatic rings. The highest BCUT2D eigenvalue weighted by Crippen LogP contribution is 2.43. The van der Waals surface area contributed by atoms with Crippen LogP contribution in [0.25, 0.3) is 5.52 Å². The molecule has 1 unspecified atom stereocenters. The molecule has 0 saturated carbocycles. The van der Waals surface area contributed by atoms with E-state index in [-0.39, 0.29) is 5.56 Å². The first kappa shape index (κ1) is 17.8. The minimum Gasteiger partial charge on any atom is -0.494 e. The van der Waals surface area contributed by atoms with Crippen molar-refractivity contribution in [1.29, 1.82) is 0 Å². The van der Waals surface area contributed by atoms with Crippen molar-refractivity contribution in [3.05, 3.63) is 35.7 Å². The number of aromatic carboxylic acids is 1. The number of methoxy groups -OCH3 is 1. The summed E-state index contributed by atoms with van der Waals surface area (Å²) in [5.41, 5.74) is 2.04. The van der Waals surface area contributed by atoms with E-state index in [1.54, 1.807) is 7.11 Å². The summed E-state index contributed by atoms with van der Waals surface area (Å²) in [4.78, 5) is 11.9. The fraction of sp³-hybridized carbons (Fsp3) is 0.550. The van der Waals surface area contributed by atoms with Crippen LogP contribution in [0, 0.1) is 5.92 Å². The Bertz CT molecular complexity index is 732. The van der Waals surface area contributed by atoms with Crippen LogP contribution in [0.3, 0.4) is 0 Å². The third-order valence-corrected chi connectivity index (χ3v) is 5.43. The van der Waals surface area contributed by atoms with Crippen LogP contribution >= 0.6 is 0 Å². The molecule has 1 aliphatic heterocycles. The van der Waals surface area contributed by atoms with Crippen molar-refractivity contribution in [2.75, 3.05) is 20.2 Å². The summed E-state index contributed by atoms with van der Waals surface area (Å²) >= 11 is 0. The van der Waals surface area contributed by atoms with E-state index in [0.29, 0.717) is 17.6 Å². The van der Waals surface area contributed by atoms with Gasteiger partial charge in [0.1, 0.15) is 5.56 Å². The highest BCUT2D eigenvalue weighted by atomic mass is 16.5. The van der Waals surface area contributed by atoms with E-state index in [1.807, 2.05) is 28.8 Å². The highest BCUT2D eigenvalue weighted by Gasteiger charge is 2.33. The molecule has 1 aliphatic rings. The predicted octanol–water partition coefficient (Wildman–Crippen LogP) is 3.92. The van der Waals surface area contributed by atoms with Gasteiger partial charge in [-0.1, -0.05) is 25.8 Å². The van der Waals surface area contributed by atoms with E-state index in [1.165, 1.54) is 0 Å². The Morgan fingerprint density at radius 3 is 2.80 bits per heavy atom. The number of carbonyl (C=O) groups is 1. The lowest BCUT2D eigenvalue weighted by atomic mass is 9.79. The van der Waals surface area contributed by atoms with Crippen molar-refractivity contribution in [1.82, 2.24) is 9.72 Å². The normalized spacial score (nSPS) is 16.9. The Kier molecular flexibility index (Phi) is 5.63. The summed E-state index contributed by atoms with van der Waals surface area (Å²) in [5.74, 6) is 0.492. The summed E-state index contributed by atoms with van der Waals surface area (Å²) in [6, 6.07) is 5.71. The van der Waals surface area contributed by atoms with E-state index in [9.17, 15) is 9.90 Å². The SMILES string of the molecule is CCCCC(c1c(OC)c(C(=O)O)c2ccccn12)C1CCNCC1. The number of carboxylic acid groups (broad SMARTS) is 1. The zero-order valence-electron chi connectivity index (χ0n) is 15.1. The van der Waals surface area contributed by atoms with Gasteiger partial charge in [-0.15, -0.1) is 0 Å². The predicted molar refractivity (Wildman–Crippen MR) is 98.8 cm³/mol. The Morgan fingerprint density at radius 2 is 2.16 bits per heavy atom. The first-order valence-corrected chi connectivity index (χ1v) is 9.30. The fourth-order valence-corrected chi connectivity index (χ4v) is 4.24. The lowest BCUT2D eigenvalue weighted by Crippen LogP contribution is -2.31. The minimum atomic E-state index is -0.925. The van der Waals surface area contributed by atoms with Crippen LogP contribution in [0.4, 0.5) is 0 Å². The Hall–Kier alpha value is -2.01. The molecule has 0 bridgehead atoms. The third kappa shape index (κ3) is 3.38. The topological polar surface area (TPSA) is 63.0 Å². The van der Waals surface area contributed by atoms with Crippen LogP contribution in [0.5, 0.6) is 5.75 Å². The fourth-order valence-electron chi connectivity index (χ4n) is 4.24. The number of pyridine rings is 1. The number of carboxylic acids is 1. The molecule has 0 radical (unpaired) electrons. The second kappa shape index (κ2) is 7.91. The monoisotopic (exact) mass is 344 g/mol. The van der Waals surface area contributed by atoms with Gasteiger partial charge in [-0.2, -0.15) is 0 Å². The van der Waals surface area contributed by atoms with Crippen molar-refractivity contribution >= 4 is 11.5 Å². The summed E-state index contributed by atoms with van der Waals surface area (Å²) in [6.07, 6.45) is 7.57. The van der Waals surface area contributed by atoms with Crippen molar-refractivity contribution in [2.24, 2.45) is 5.92 Å². The zero-order valence-corrected chi connectivity index (χ0v) is 15.1. The van der Waals surface area contributed by atoms with E-state index in [2.05, 4.69) is 12.2 Å². The number of ether oxygens (including phenoxy) is 1. The van der Waals surface area contributed by atoms with Gasteiger partial charge in [0.05, 0.1) is 18.3 Å². The van der Waals surface area contributed by atoms with Gasteiger partial charge in [-0.3, -0.25) is 0 Å². The molecule has 136 valence electrons. The molecule has 0 aromatic carbocycles. The molecule has 5 heteroatoms. The summed E-state index contributed by atoms with van der Waals surface area (Å²) in [7, 11) is 1.59. The van der Waals surface area contributed by atoms with Gasteiger partial charge in [-0.25, -0.2) is 4.79 Å². The number of rotatable bonds is 7. The molecule has 0 spiro atoms. The lowest BCUT2D eigenvalue weighted by Gasteiger charge is -2.31. The standard InChI is InChI=1S/C20H28N2O3/c1-3-4-7-15(14-9-11-21-12-10-14)18-19(25-2)17(20(23)24)16-8-5-6-13-22(16)18/h5-6,8,13-15,21H,3-4,7,9-12H2,1-2H3,(H,23,24). The molecule has 0 aliphatic carbocycles. The summed E-state index contributed by atoms with van der Waals surface area (Å²) in [6.45, 7) is 4.27. The Balaban J connectivity index is 2.16. The number of hydrogen-bond donors (Lipinski definition) is 2. The molecule has 2 N–H and O–H groups in total. The molecular weight excluding hydrogens is 316 g/mol. The molecule has 1 saturated heterocycles. The number of nitrogens with one attached hydrogen (secondary N) is 1. The first-order chi connectivity index (χ1) is 12.2. The van der Waals surface area contributed by atoms with Crippen LogP contribution < -0.4 is 10.1 Å². The van der Waals surface area contributed by atoms with E-state index in [0.717, 1.165) is 56.4 Å². The molecule has 1 fully saturated rings. The molecule has 5 nitrogen and oxygen atoms in total. The quantitative estimate of drug-likeness (QED) is 0.799. The van der Waals surface area contributed by atoms with Crippen molar-refractivity contribution < 1.29 is 14.6 Å². The first-order valence-electron chi connectivity index (χ1n) is 9.30. The summed E-state index contributed by atoms with van der Waals surface area (Å²) in [5, 5.41) is 13.2. The second-order valence-corrected chi connectivity index (χ2v) is 6.89. The minimum absolute atomic E-state index is 0.286. The maximum Gasteiger partial charge on any atom is 0.341 e. The molecule has 0 amide bonds. The average molecular weight is 344 g/mol. The van der Waals surface area contributed by atoms with Gasteiger partial charge < -0.3 is 19.6 Å². The van der Waals surface area contributed by atoms with Crippen LogP contribution in [-0.4, -0.2) is 35.7 Å². The van der Waals surface area contributed by atoms with Gasteiger partial charge in [0.15, 0.2) is 5.75 Å². The van der Waals surface area contributed by atoms with Gasteiger partial charge in [0, 0.05) is 12.1 Å². The smallest absolute Gasteiger partial charge is 0.341 e. The third-order valence-electron chi connectivity index (χ3n) is 5.43. The van der Waals surface area contributed by atoms with Crippen LogP contribution in [0.1, 0.15) is 61.0 Å². The molecule has 25 heavy (non-hydrogen) atoms. The molecular formula is C20H28N2O3. The van der Waals surface area contributed by atoms with Crippen molar-refractivity contribution in [3.63, 3.8) is 0 Å². The zero-order chi connectivity index (χ0) is 17.8. The van der Waals surface area contributed by atoms with Crippen LogP contribution in [-0.2, 0) is 0 Å². The lowest BCUT2D eigenvalue weighted by molar-refractivity contribution is 0.0695. The van der Waals surface area contributed by atoms with E-state index < -0.39 is 5.97 Å². The molecule has 3 heterocycles. The van der Waals surface area contributed by atoms with E-state index in [4.69, 9.17) is 4.74 Å². The van der Waals surface area contributed by atoms with Crippen LogP contribution in [0.2, 0.25) is 0 Å². The molecule has 3 rings (SSSR count). The summed E-state index contributed by atoms with van der Waals surface area (Å²) < 4.78 is 7.70. The Labute approximate surface area is 149 Å². The largest absolute Gasteiger partial charge is 0.494 e. The maximum atomic E-state index is 11.9. The average Bonchev–Trinajstić information content (AvgIpc) is 2.97. The van der Waals surface area contributed by atoms with Crippen molar-refractivity contribution in [2.45, 2.75) is 44.9 Å². The number of aromatic nitrogens is 1. The van der Waals surface area contributed by atoms with Gasteiger partial charge in [-0.05, 0) is 50.4 Å². The van der Waals surface area contributed by atoms with Gasteiger partial charge in [0.25, 0.3) is 0 Å². The van der Waals surface area contributed by atoms with Crippen molar-refractivity contribution in [3.8, 4) is 5.75 Å². The molecule has 2 aromatic heterocycles. The maximum absolute atomic E-state index is 11.9. The van der Waals surface area contributed by atoms with E-state index >= 15 is 0 Å². The second-order valence-electron chi connectivity index (χ2n) is 6.89. The highest BCUT2D eigenvalue weighted by molar-refractivity contribution is 6.00. The molecule has 1 atom stereocenters.